The molecule has 1 aromatic carbocycles. The number of benzene rings is 1. The fraction of sp³-hybridized carbons (Fsp3) is 0.538. The van der Waals surface area contributed by atoms with Gasteiger partial charge in [0, 0.05) is 11.7 Å². The fourth-order valence-electron chi connectivity index (χ4n) is 1.53. The highest BCUT2D eigenvalue weighted by atomic mass is 16.3. The maximum atomic E-state index is 9.16. The Kier molecular flexibility index (Phi) is 4.01. The monoisotopic (exact) mass is 207 g/mol. The molecule has 0 amide bonds. The summed E-state index contributed by atoms with van der Waals surface area (Å²) in [6, 6.07) is 7.65. The van der Waals surface area contributed by atoms with E-state index in [0.29, 0.717) is 23.6 Å². The molecule has 15 heavy (non-hydrogen) atoms. The molecule has 0 aliphatic carbocycles. The molecule has 84 valence electrons. The molecule has 2 atom stereocenters. The quantitative estimate of drug-likeness (QED) is 0.741. The summed E-state index contributed by atoms with van der Waals surface area (Å²) in [6.07, 6.45) is 0. The van der Waals surface area contributed by atoms with Crippen LogP contribution in [-0.2, 0) is 0 Å². The van der Waals surface area contributed by atoms with Gasteiger partial charge in [-0.2, -0.15) is 0 Å². The number of anilines is 1. The molecule has 0 aliphatic heterocycles. The second-order valence-electron chi connectivity index (χ2n) is 4.58. The van der Waals surface area contributed by atoms with Crippen LogP contribution in [0.4, 0.5) is 5.69 Å². The molecule has 1 unspecified atom stereocenters. The minimum absolute atomic E-state index is 0.310. The largest absolute Gasteiger partial charge is 0.508 e. The van der Waals surface area contributed by atoms with E-state index in [-0.39, 0.29) is 0 Å². The van der Waals surface area contributed by atoms with E-state index in [1.165, 1.54) is 0 Å². The average Bonchev–Trinajstić information content (AvgIpc) is 2.20. The topological polar surface area (TPSA) is 32.3 Å². The summed E-state index contributed by atoms with van der Waals surface area (Å²) in [5.41, 5.74) is 1.06. The van der Waals surface area contributed by atoms with Gasteiger partial charge in [-0.05, 0) is 43.0 Å². The van der Waals surface area contributed by atoms with Crippen molar-refractivity contribution < 1.29 is 5.11 Å². The molecule has 0 saturated carbocycles. The molecule has 0 heterocycles. The summed E-state index contributed by atoms with van der Waals surface area (Å²) in [5, 5.41) is 12.6. The van der Waals surface area contributed by atoms with E-state index in [2.05, 4.69) is 33.0 Å². The zero-order chi connectivity index (χ0) is 11.4. The van der Waals surface area contributed by atoms with Gasteiger partial charge in [-0.3, -0.25) is 0 Å². The van der Waals surface area contributed by atoms with Crippen LogP contribution in [0.1, 0.15) is 27.7 Å². The lowest BCUT2D eigenvalue weighted by atomic mass is 9.91. The van der Waals surface area contributed by atoms with Crippen LogP contribution in [0.2, 0.25) is 0 Å². The number of rotatable bonds is 4. The van der Waals surface area contributed by atoms with Gasteiger partial charge in [0.2, 0.25) is 0 Å². The molecule has 0 saturated heterocycles. The van der Waals surface area contributed by atoms with Crippen molar-refractivity contribution in [3.8, 4) is 5.75 Å². The minimum Gasteiger partial charge on any atom is -0.508 e. The maximum Gasteiger partial charge on any atom is 0.115 e. The molecular formula is C13H21NO. The van der Waals surface area contributed by atoms with E-state index in [0.717, 1.165) is 5.69 Å². The molecule has 2 heteroatoms. The fourth-order valence-corrected chi connectivity index (χ4v) is 1.53. The van der Waals surface area contributed by atoms with Gasteiger partial charge in [0.05, 0.1) is 0 Å². The van der Waals surface area contributed by atoms with E-state index in [1.54, 1.807) is 12.1 Å². The number of hydrogen-bond donors (Lipinski definition) is 2. The van der Waals surface area contributed by atoms with Gasteiger partial charge in [-0.1, -0.05) is 20.8 Å². The Hall–Kier alpha value is -1.18. The van der Waals surface area contributed by atoms with Crippen LogP contribution < -0.4 is 5.32 Å². The molecule has 0 radical (unpaired) electrons. The summed E-state index contributed by atoms with van der Waals surface area (Å²) >= 11 is 0. The third kappa shape index (κ3) is 3.46. The molecule has 0 aromatic heterocycles. The summed E-state index contributed by atoms with van der Waals surface area (Å²) in [5.74, 6) is 1.61. The van der Waals surface area contributed by atoms with Crippen molar-refractivity contribution >= 4 is 5.69 Å². The van der Waals surface area contributed by atoms with Gasteiger partial charge in [-0.15, -0.1) is 0 Å². The summed E-state index contributed by atoms with van der Waals surface area (Å²) in [6.45, 7) is 8.92. The number of hydrogen-bond acceptors (Lipinski definition) is 2. The van der Waals surface area contributed by atoms with Crippen molar-refractivity contribution in [1.29, 1.82) is 0 Å². The zero-order valence-corrected chi connectivity index (χ0v) is 9.99. The molecule has 0 spiro atoms. The van der Waals surface area contributed by atoms with Crippen molar-refractivity contribution in [3.63, 3.8) is 0 Å². The van der Waals surface area contributed by atoms with Crippen molar-refractivity contribution in [2.75, 3.05) is 5.32 Å². The summed E-state index contributed by atoms with van der Waals surface area (Å²) < 4.78 is 0. The van der Waals surface area contributed by atoms with Crippen LogP contribution >= 0.6 is 0 Å². The van der Waals surface area contributed by atoms with Crippen LogP contribution in [0.25, 0.3) is 0 Å². The van der Waals surface area contributed by atoms with Crippen molar-refractivity contribution in [1.82, 2.24) is 0 Å². The first kappa shape index (κ1) is 11.9. The number of nitrogens with one attached hydrogen (secondary N) is 1. The van der Waals surface area contributed by atoms with Gasteiger partial charge < -0.3 is 10.4 Å². The average molecular weight is 207 g/mol. The lowest BCUT2D eigenvalue weighted by Crippen LogP contribution is -2.27. The molecular weight excluding hydrogens is 186 g/mol. The molecule has 2 nitrogen and oxygen atoms in total. The van der Waals surface area contributed by atoms with Crippen molar-refractivity contribution in [2.24, 2.45) is 11.8 Å². The second-order valence-corrected chi connectivity index (χ2v) is 4.58. The normalized spacial score (nSPS) is 15.0. The van der Waals surface area contributed by atoms with Gasteiger partial charge in [0.1, 0.15) is 5.75 Å². The van der Waals surface area contributed by atoms with Crippen molar-refractivity contribution in [3.05, 3.63) is 24.3 Å². The third-order valence-electron chi connectivity index (χ3n) is 3.10. The third-order valence-corrected chi connectivity index (χ3v) is 3.10. The summed E-state index contributed by atoms with van der Waals surface area (Å²) in [7, 11) is 0. The lowest BCUT2D eigenvalue weighted by Gasteiger charge is -2.25. The maximum absolute atomic E-state index is 9.16. The minimum atomic E-state index is 0.310. The Morgan fingerprint density at radius 1 is 1.00 bits per heavy atom. The van der Waals surface area contributed by atoms with Crippen LogP contribution in [0.15, 0.2) is 24.3 Å². The second kappa shape index (κ2) is 5.06. The molecule has 1 aromatic rings. The summed E-state index contributed by atoms with van der Waals surface area (Å²) in [4.78, 5) is 0. The van der Waals surface area contributed by atoms with Crippen LogP contribution in [-0.4, -0.2) is 11.1 Å². The predicted octanol–water partition coefficient (Wildman–Crippen LogP) is 3.48. The first-order chi connectivity index (χ1) is 7.00. The number of phenols is 1. The van der Waals surface area contributed by atoms with Gasteiger partial charge >= 0.3 is 0 Å². The van der Waals surface area contributed by atoms with Crippen LogP contribution in [0.3, 0.4) is 0 Å². The highest BCUT2D eigenvalue weighted by Crippen LogP contribution is 2.20. The first-order valence-electron chi connectivity index (χ1n) is 5.56. The number of phenolic OH excluding ortho intramolecular Hbond substituents is 1. The van der Waals surface area contributed by atoms with Gasteiger partial charge in [-0.25, -0.2) is 0 Å². The molecule has 0 fully saturated rings. The Morgan fingerprint density at radius 2 is 1.53 bits per heavy atom. The lowest BCUT2D eigenvalue weighted by molar-refractivity contribution is 0.378. The molecule has 0 aliphatic rings. The Morgan fingerprint density at radius 3 is 2.00 bits per heavy atom. The van der Waals surface area contributed by atoms with Crippen molar-refractivity contribution in [2.45, 2.75) is 33.7 Å². The number of aromatic hydroxyl groups is 1. The standard InChI is InChI=1S/C13H21NO/c1-9(2)10(3)11(4)14-12-5-7-13(15)8-6-12/h5-11,14-15H,1-4H3/t10-,11?/m1/s1. The highest BCUT2D eigenvalue weighted by molar-refractivity contribution is 5.46. The van der Waals surface area contributed by atoms with E-state index >= 15 is 0 Å². The van der Waals surface area contributed by atoms with E-state index in [1.807, 2.05) is 12.1 Å². The Balaban J connectivity index is 2.58. The Labute approximate surface area is 92.3 Å². The van der Waals surface area contributed by atoms with E-state index in [4.69, 9.17) is 5.11 Å². The first-order valence-corrected chi connectivity index (χ1v) is 5.56. The molecule has 1 rings (SSSR count). The van der Waals surface area contributed by atoms with Gasteiger partial charge in [0.15, 0.2) is 0 Å². The zero-order valence-electron chi connectivity index (χ0n) is 9.99. The van der Waals surface area contributed by atoms with Crippen LogP contribution in [0, 0.1) is 11.8 Å². The smallest absolute Gasteiger partial charge is 0.115 e. The van der Waals surface area contributed by atoms with Gasteiger partial charge in [0.25, 0.3) is 0 Å². The van der Waals surface area contributed by atoms with Crippen LogP contribution in [0.5, 0.6) is 5.75 Å². The SMILES string of the molecule is CC(C)[C@@H](C)C(C)Nc1ccc(O)cc1. The predicted molar refractivity (Wildman–Crippen MR) is 65.2 cm³/mol. The van der Waals surface area contributed by atoms with E-state index in [9.17, 15) is 0 Å². The Bertz CT molecular complexity index is 292. The van der Waals surface area contributed by atoms with E-state index < -0.39 is 0 Å². The molecule has 0 bridgehead atoms. The molecule has 2 N–H and O–H groups in total. The highest BCUT2D eigenvalue weighted by Gasteiger charge is 2.15.